The molecule has 1 fully saturated rings. The van der Waals surface area contributed by atoms with Crippen molar-refractivity contribution in [3.8, 4) is 0 Å². The Bertz CT molecular complexity index is 912. The van der Waals surface area contributed by atoms with Crippen LogP contribution in [0.5, 0.6) is 0 Å². The van der Waals surface area contributed by atoms with Crippen LogP contribution in [0.4, 0.5) is 17.2 Å². The average Bonchev–Trinajstić information content (AvgIpc) is 2.74. The molecule has 0 saturated carbocycles. The van der Waals surface area contributed by atoms with Crippen LogP contribution in [-0.2, 0) is 9.59 Å². The third kappa shape index (κ3) is 5.47. The van der Waals surface area contributed by atoms with Crippen LogP contribution in [0.15, 0.2) is 47.5 Å². The molecule has 10 heteroatoms. The minimum absolute atomic E-state index is 0.0763. The number of nitrogens with zero attached hydrogens (tertiary/aromatic N) is 4. The van der Waals surface area contributed by atoms with E-state index in [-0.39, 0.29) is 22.9 Å². The Labute approximate surface area is 178 Å². The van der Waals surface area contributed by atoms with E-state index >= 15 is 0 Å². The first-order valence-corrected chi connectivity index (χ1v) is 10.4. The average molecular weight is 430 g/mol. The molecule has 0 spiro atoms. The van der Waals surface area contributed by atoms with Gasteiger partial charge in [0.15, 0.2) is 6.20 Å². The third-order valence-corrected chi connectivity index (χ3v) is 5.81. The largest absolute Gasteiger partial charge is 0.365 e. The summed E-state index contributed by atoms with van der Waals surface area (Å²) in [6.07, 6.45) is 1.50. The van der Waals surface area contributed by atoms with E-state index < -0.39 is 4.92 Å². The second-order valence-electron chi connectivity index (χ2n) is 6.91. The van der Waals surface area contributed by atoms with Crippen molar-refractivity contribution in [1.82, 2.24) is 9.88 Å². The van der Waals surface area contributed by atoms with Crippen molar-refractivity contribution < 1.29 is 14.5 Å². The van der Waals surface area contributed by atoms with E-state index in [1.165, 1.54) is 30.9 Å². The van der Waals surface area contributed by atoms with Crippen molar-refractivity contribution in [2.75, 3.05) is 36.4 Å². The number of nitro groups is 1. The lowest BCUT2D eigenvalue weighted by Gasteiger charge is -2.36. The fraction of sp³-hybridized carbons (Fsp3) is 0.350. The summed E-state index contributed by atoms with van der Waals surface area (Å²) in [6.45, 7) is 5.81. The first-order chi connectivity index (χ1) is 14.3. The van der Waals surface area contributed by atoms with Gasteiger partial charge in [-0.05, 0) is 47.2 Å². The summed E-state index contributed by atoms with van der Waals surface area (Å²) in [4.78, 5) is 42.9. The van der Waals surface area contributed by atoms with Gasteiger partial charge in [-0.25, -0.2) is 0 Å². The van der Waals surface area contributed by atoms with Gasteiger partial charge in [0.05, 0.1) is 10.9 Å². The number of piperazine rings is 1. The lowest BCUT2D eigenvalue weighted by Crippen LogP contribution is -2.50. The van der Waals surface area contributed by atoms with Gasteiger partial charge in [0, 0.05) is 49.8 Å². The minimum Gasteiger partial charge on any atom is -0.365 e. The number of anilines is 2. The molecular weight excluding hydrogens is 406 g/mol. The highest BCUT2D eigenvalue weighted by Gasteiger charge is 2.26. The van der Waals surface area contributed by atoms with Crippen LogP contribution in [0.1, 0.15) is 13.8 Å². The standard InChI is InChI=1S/C20H23N5O4S/c1-14(30-18-6-3-16(4-7-18)22-15(2)26)20(27)24-11-9-23(10-12-24)17-5-8-19(21-13-17)25(28)29/h3-8,13-14H,9-12H2,1-2H3,(H,22,26)/t14-/m1/s1. The van der Waals surface area contributed by atoms with Crippen molar-refractivity contribution in [2.24, 2.45) is 0 Å². The first kappa shape index (κ1) is 21.6. The second-order valence-corrected chi connectivity index (χ2v) is 8.32. The zero-order valence-electron chi connectivity index (χ0n) is 16.8. The highest BCUT2D eigenvalue weighted by atomic mass is 32.2. The van der Waals surface area contributed by atoms with Gasteiger partial charge in [0.25, 0.3) is 0 Å². The summed E-state index contributed by atoms with van der Waals surface area (Å²) < 4.78 is 0. The maximum absolute atomic E-state index is 12.8. The molecule has 1 atom stereocenters. The highest BCUT2D eigenvalue weighted by molar-refractivity contribution is 8.00. The van der Waals surface area contributed by atoms with Crippen LogP contribution in [0.3, 0.4) is 0 Å². The zero-order chi connectivity index (χ0) is 21.7. The van der Waals surface area contributed by atoms with Crippen molar-refractivity contribution in [1.29, 1.82) is 0 Å². The number of hydrogen-bond acceptors (Lipinski definition) is 7. The maximum atomic E-state index is 12.8. The van der Waals surface area contributed by atoms with E-state index in [2.05, 4.69) is 15.2 Å². The summed E-state index contributed by atoms with van der Waals surface area (Å²) in [5.41, 5.74) is 1.54. The van der Waals surface area contributed by atoms with E-state index in [4.69, 9.17) is 0 Å². The number of aromatic nitrogens is 1. The van der Waals surface area contributed by atoms with E-state index in [1.807, 2.05) is 36.1 Å². The molecular formula is C20H23N5O4S. The molecule has 1 N–H and O–H groups in total. The molecule has 0 radical (unpaired) electrons. The van der Waals surface area contributed by atoms with Crippen molar-refractivity contribution in [2.45, 2.75) is 24.0 Å². The predicted octanol–water partition coefficient (Wildman–Crippen LogP) is 2.78. The number of rotatable bonds is 6. The summed E-state index contributed by atoms with van der Waals surface area (Å²) in [7, 11) is 0. The molecule has 2 heterocycles. The lowest BCUT2D eigenvalue weighted by molar-refractivity contribution is -0.389. The fourth-order valence-corrected chi connectivity index (χ4v) is 4.14. The zero-order valence-corrected chi connectivity index (χ0v) is 17.6. The number of nitrogens with one attached hydrogen (secondary N) is 1. The molecule has 158 valence electrons. The van der Waals surface area contributed by atoms with Gasteiger partial charge in [-0.15, -0.1) is 11.8 Å². The molecule has 1 aromatic heterocycles. The number of amides is 2. The van der Waals surface area contributed by atoms with Crippen molar-refractivity contribution in [3.05, 3.63) is 52.7 Å². The number of pyridine rings is 1. The molecule has 0 bridgehead atoms. The van der Waals surface area contributed by atoms with Crippen LogP contribution >= 0.6 is 11.8 Å². The summed E-state index contributed by atoms with van der Waals surface area (Å²) in [5, 5.41) is 13.2. The van der Waals surface area contributed by atoms with Gasteiger partial charge in [0.2, 0.25) is 11.8 Å². The quantitative estimate of drug-likeness (QED) is 0.427. The number of carbonyl (C=O) groups excluding carboxylic acids is 2. The van der Waals surface area contributed by atoms with Gasteiger partial charge >= 0.3 is 5.82 Å². The van der Waals surface area contributed by atoms with Gasteiger partial charge in [-0.1, -0.05) is 0 Å². The Balaban J connectivity index is 1.51. The monoisotopic (exact) mass is 429 g/mol. The Morgan fingerprint density at radius 2 is 1.80 bits per heavy atom. The molecule has 0 aliphatic carbocycles. The number of benzene rings is 1. The van der Waals surface area contributed by atoms with Crippen LogP contribution in [0.25, 0.3) is 0 Å². The molecule has 1 saturated heterocycles. The Hall–Kier alpha value is -3.14. The minimum atomic E-state index is -0.521. The summed E-state index contributed by atoms with van der Waals surface area (Å²) in [6, 6.07) is 10.5. The molecule has 0 unspecified atom stereocenters. The van der Waals surface area contributed by atoms with Gasteiger partial charge < -0.3 is 25.2 Å². The molecule has 1 aromatic carbocycles. The summed E-state index contributed by atoms with van der Waals surface area (Å²) >= 11 is 1.48. The van der Waals surface area contributed by atoms with E-state index in [1.54, 1.807) is 6.07 Å². The van der Waals surface area contributed by atoms with Crippen LogP contribution < -0.4 is 10.2 Å². The van der Waals surface area contributed by atoms with E-state index in [0.717, 1.165) is 16.3 Å². The predicted molar refractivity (Wildman–Crippen MR) is 116 cm³/mol. The van der Waals surface area contributed by atoms with E-state index in [0.29, 0.717) is 26.2 Å². The molecule has 2 aromatic rings. The number of thioether (sulfide) groups is 1. The number of carbonyl (C=O) groups is 2. The van der Waals surface area contributed by atoms with Gasteiger partial charge in [-0.2, -0.15) is 0 Å². The maximum Gasteiger partial charge on any atom is 0.363 e. The van der Waals surface area contributed by atoms with Crippen LogP contribution in [0, 0.1) is 10.1 Å². The highest BCUT2D eigenvalue weighted by Crippen LogP contribution is 2.26. The molecule has 1 aliphatic heterocycles. The summed E-state index contributed by atoms with van der Waals surface area (Å²) in [5.74, 6) is -0.224. The van der Waals surface area contributed by atoms with Crippen LogP contribution in [0.2, 0.25) is 0 Å². The third-order valence-electron chi connectivity index (χ3n) is 4.71. The van der Waals surface area contributed by atoms with E-state index in [9.17, 15) is 19.7 Å². The lowest BCUT2D eigenvalue weighted by atomic mass is 10.2. The molecule has 9 nitrogen and oxygen atoms in total. The number of hydrogen-bond donors (Lipinski definition) is 1. The Morgan fingerprint density at radius 3 is 2.33 bits per heavy atom. The Kier molecular flexibility index (Phi) is 6.88. The van der Waals surface area contributed by atoms with Gasteiger partial charge in [-0.3, -0.25) is 9.59 Å². The molecule has 2 amide bonds. The smallest absolute Gasteiger partial charge is 0.363 e. The Morgan fingerprint density at radius 1 is 1.13 bits per heavy atom. The molecule has 30 heavy (non-hydrogen) atoms. The van der Waals surface area contributed by atoms with Crippen molar-refractivity contribution >= 4 is 40.8 Å². The van der Waals surface area contributed by atoms with Gasteiger partial charge in [0.1, 0.15) is 0 Å². The van der Waals surface area contributed by atoms with Crippen molar-refractivity contribution in [3.63, 3.8) is 0 Å². The first-order valence-electron chi connectivity index (χ1n) is 9.52. The SMILES string of the molecule is CC(=O)Nc1ccc(S[C@H](C)C(=O)N2CCN(c3ccc([N+](=O)[O-])nc3)CC2)cc1. The molecule has 1 aliphatic rings. The normalized spacial score (nSPS) is 14.9. The molecule has 3 rings (SSSR count). The fourth-order valence-electron chi connectivity index (χ4n) is 3.19. The second kappa shape index (κ2) is 9.57. The topological polar surface area (TPSA) is 109 Å². The van der Waals surface area contributed by atoms with Crippen LogP contribution in [-0.4, -0.2) is 58.1 Å².